The average molecular weight is 216 g/mol. The van der Waals surface area contributed by atoms with Crippen LogP contribution < -0.4 is 11.5 Å². The van der Waals surface area contributed by atoms with Crippen molar-refractivity contribution in [1.29, 1.82) is 0 Å². The summed E-state index contributed by atoms with van der Waals surface area (Å²) in [5, 5.41) is 8.54. The monoisotopic (exact) mass is 216 g/mol. The topological polar surface area (TPSA) is 89.3 Å². The summed E-state index contributed by atoms with van der Waals surface area (Å²) in [5.74, 6) is -0.891. The molecule has 0 aliphatic carbocycles. The van der Waals surface area contributed by atoms with Gasteiger partial charge in [-0.15, -0.1) is 0 Å². The van der Waals surface area contributed by atoms with E-state index >= 15 is 0 Å². The van der Waals surface area contributed by atoms with Gasteiger partial charge in [0.1, 0.15) is 6.04 Å². The maximum atomic E-state index is 10.4. The van der Waals surface area contributed by atoms with Crippen LogP contribution in [0.1, 0.15) is 51.4 Å². The van der Waals surface area contributed by atoms with Gasteiger partial charge in [-0.2, -0.15) is 0 Å². The number of rotatable bonds is 10. The predicted octanol–water partition coefficient (Wildman–Crippen LogP) is 1.48. The van der Waals surface area contributed by atoms with Crippen LogP contribution in [0, 0.1) is 0 Å². The summed E-state index contributed by atoms with van der Waals surface area (Å²) in [6.07, 6.45) is 8.57. The normalized spacial score (nSPS) is 12.7. The molecule has 0 aliphatic heterocycles. The molecule has 0 radical (unpaired) electrons. The molecule has 5 N–H and O–H groups in total. The number of hydrogen-bond acceptors (Lipinski definition) is 3. The van der Waals surface area contributed by atoms with Crippen molar-refractivity contribution in [2.45, 2.75) is 57.4 Å². The zero-order valence-corrected chi connectivity index (χ0v) is 9.45. The van der Waals surface area contributed by atoms with Gasteiger partial charge in [0.05, 0.1) is 0 Å². The van der Waals surface area contributed by atoms with E-state index in [0.717, 1.165) is 25.8 Å². The van der Waals surface area contributed by atoms with E-state index in [9.17, 15) is 4.79 Å². The highest BCUT2D eigenvalue weighted by Crippen LogP contribution is 2.09. The Morgan fingerprint density at radius 3 is 1.93 bits per heavy atom. The highest BCUT2D eigenvalue weighted by atomic mass is 16.4. The lowest BCUT2D eigenvalue weighted by molar-refractivity contribution is -0.138. The number of carboxylic acid groups (broad SMARTS) is 1. The van der Waals surface area contributed by atoms with Crippen molar-refractivity contribution in [2.75, 3.05) is 6.54 Å². The number of carboxylic acids is 1. The van der Waals surface area contributed by atoms with Gasteiger partial charge in [-0.25, -0.2) is 0 Å². The zero-order valence-electron chi connectivity index (χ0n) is 9.45. The van der Waals surface area contributed by atoms with Gasteiger partial charge in [0.15, 0.2) is 0 Å². The highest BCUT2D eigenvalue weighted by molar-refractivity contribution is 5.72. The predicted molar refractivity (Wildman–Crippen MR) is 61.6 cm³/mol. The van der Waals surface area contributed by atoms with Crippen LogP contribution in [0.15, 0.2) is 0 Å². The van der Waals surface area contributed by atoms with E-state index in [2.05, 4.69) is 0 Å². The Morgan fingerprint density at radius 1 is 1.00 bits per heavy atom. The van der Waals surface area contributed by atoms with E-state index in [4.69, 9.17) is 16.6 Å². The molecule has 0 fully saturated rings. The Hall–Kier alpha value is -0.610. The van der Waals surface area contributed by atoms with E-state index in [1.54, 1.807) is 0 Å². The molecule has 0 amide bonds. The largest absolute Gasteiger partial charge is 0.480 e. The SMILES string of the molecule is NCCCCCCCCCC(N)C(=O)O. The molecule has 0 aromatic carbocycles. The first-order valence-electron chi connectivity index (χ1n) is 5.87. The van der Waals surface area contributed by atoms with E-state index in [1.807, 2.05) is 0 Å². The maximum absolute atomic E-state index is 10.4. The minimum atomic E-state index is -0.891. The van der Waals surface area contributed by atoms with E-state index in [0.29, 0.717) is 6.42 Å². The smallest absolute Gasteiger partial charge is 0.320 e. The number of aliphatic carboxylic acids is 1. The van der Waals surface area contributed by atoms with Crippen LogP contribution >= 0.6 is 0 Å². The van der Waals surface area contributed by atoms with Crippen molar-refractivity contribution in [3.8, 4) is 0 Å². The van der Waals surface area contributed by atoms with Crippen LogP contribution in [-0.2, 0) is 4.79 Å². The van der Waals surface area contributed by atoms with E-state index < -0.39 is 12.0 Å². The van der Waals surface area contributed by atoms with Gasteiger partial charge in [0, 0.05) is 0 Å². The van der Waals surface area contributed by atoms with E-state index in [-0.39, 0.29) is 0 Å². The molecule has 15 heavy (non-hydrogen) atoms. The number of hydrogen-bond donors (Lipinski definition) is 3. The van der Waals surface area contributed by atoms with Crippen molar-refractivity contribution in [3.05, 3.63) is 0 Å². The summed E-state index contributed by atoms with van der Waals surface area (Å²) in [7, 11) is 0. The molecule has 0 aliphatic rings. The van der Waals surface area contributed by atoms with Crippen LogP contribution in [0.5, 0.6) is 0 Å². The van der Waals surface area contributed by atoms with Gasteiger partial charge in [-0.1, -0.05) is 38.5 Å². The zero-order chi connectivity index (χ0) is 11.5. The third-order valence-electron chi connectivity index (χ3n) is 2.54. The Labute approximate surface area is 92.0 Å². The Balaban J connectivity index is 3.08. The summed E-state index contributed by atoms with van der Waals surface area (Å²) < 4.78 is 0. The quantitative estimate of drug-likeness (QED) is 0.482. The summed E-state index contributed by atoms with van der Waals surface area (Å²) in [5.41, 5.74) is 10.8. The minimum Gasteiger partial charge on any atom is -0.480 e. The molecule has 4 heteroatoms. The highest BCUT2D eigenvalue weighted by Gasteiger charge is 2.09. The fourth-order valence-corrected chi connectivity index (χ4v) is 1.52. The summed E-state index contributed by atoms with van der Waals surface area (Å²) in [4.78, 5) is 10.4. The second-order valence-corrected chi connectivity index (χ2v) is 4.00. The first-order valence-corrected chi connectivity index (χ1v) is 5.87. The van der Waals surface area contributed by atoms with Crippen LogP contribution in [0.2, 0.25) is 0 Å². The third-order valence-corrected chi connectivity index (χ3v) is 2.54. The molecular formula is C11H24N2O2. The Kier molecular flexibility index (Phi) is 9.52. The lowest BCUT2D eigenvalue weighted by atomic mass is 10.1. The molecule has 0 aromatic heterocycles. The molecule has 0 spiro atoms. The van der Waals surface area contributed by atoms with E-state index in [1.165, 1.54) is 25.7 Å². The van der Waals surface area contributed by atoms with Gasteiger partial charge < -0.3 is 16.6 Å². The van der Waals surface area contributed by atoms with Crippen LogP contribution in [0.4, 0.5) is 0 Å². The Bertz CT molecular complexity index is 163. The molecule has 0 bridgehead atoms. The molecule has 0 saturated heterocycles. The maximum Gasteiger partial charge on any atom is 0.320 e. The van der Waals surface area contributed by atoms with Gasteiger partial charge in [-0.05, 0) is 19.4 Å². The summed E-state index contributed by atoms with van der Waals surface area (Å²) >= 11 is 0. The first kappa shape index (κ1) is 14.4. The first-order chi connectivity index (χ1) is 7.18. The number of nitrogens with two attached hydrogens (primary N) is 2. The number of unbranched alkanes of at least 4 members (excludes halogenated alkanes) is 6. The van der Waals surface area contributed by atoms with Gasteiger partial charge >= 0.3 is 5.97 Å². The van der Waals surface area contributed by atoms with Crippen molar-refractivity contribution in [2.24, 2.45) is 11.5 Å². The molecule has 0 rings (SSSR count). The third kappa shape index (κ3) is 9.69. The molecule has 4 nitrogen and oxygen atoms in total. The van der Waals surface area contributed by atoms with Crippen molar-refractivity contribution in [1.82, 2.24) is 0 Å². The summed E-state index contributed by atoms with van der Waals surface area (Å²) in [6, 6.07) is -0.678. The molecule has 90 valence electrons. The van der Waals surface area contributed by atoms with Crippen LogP contribution in [-0.4, -0.2) is 23.7 Å². The van der Waals surface area contributed by atoms with Crippen molar-refractivity contribution < 1.29 is 9.90 Å². The molecular weight excluding hydrogens is 192 g/mol. The molecule has 1 atom stereocenters. The molecule has 0 heterocycles. The number of carbonyl (C=O) groups is 1. The molecule has 1 unspecified atom stereocenters. The standard InChI is InChI=1S/C11H24N2O2/c12-9-7-5-3-1-2-4-6-8-10(13)11(14)15/h10H,1-9,12-13H2,(H,14,15). The second kappa shape index (κ2) is 9.93. The summed E-state index contributed by atoms with van der Waals surface area (Å²) in [6.45, 7) is 0.785. The Morgan fingerprint density at radius 2 is 1.47 bits per heavy atom. The molecule has 0 saturated carbocycles. The van der Waals surface area contributed by atoms with Crippen molar-refractivity contribution in [3.63, 3.8) is 0 Å². The minimum absolute atomic E-state index is 0.595. The van der Waals surface area contributed by atoms with Gasteiger partial charge in [-0.3, -0.25) is 4.79 Å². The van der Waals surface area contributed by atoms with Crippen molar-refractivity contribution >= 4 is 5.97 Å². The fourth-order valence-electron chi connectivity index (χ4n) is 1.52. The van der Waals surface area contributed by atoms with Gasteiger partial charge in [0.25, 0.3) is 0 Å². The van der Waals surface area contributed by atoms with Crippen LogP contribution in [0.3, 0.4) is 0 Å². The second-order valence-electron chi connectivity index (χ2n) is 4.00. The molecule has 0 aromatic rings. The van der Waals surface area contributed by atoms with Gasteiger partial charge in [0.2, 0.25) is 0 Å². The lowest BCUT2D eigenvalue weighted by Gasteiger charge is -2.05. The fraction of sp³-hybridized carbons (Fsp3) is 0.909. The average Bonchev–Trinajstić information content (AvgIpc) is 2.21. The lowest BCUT2D eigenvalue weighted by Crippen LogP contribution is -2.29. The van der Waals surface area contributed by atoms with Crippen LogP contribution in [0.25, 0.3) is 0 Å².